The normalized spacial score (nSPS) is 19.5. The first-order valence-corrected chi connectivity index (χ1v) is 12.5. The van der Waals surface area contributed by atoms with Gasteiger partial charge in [-0.3, -0.25) is 9.78 Å². The Balaban J connectivity index is 1.82. The molecule has 1 atom stereocenters. The number of phenols is 1. The van der Waals surface area contributed by atoms with Crippen molar-refractivity contribution in [2.24, 2.45) is 11.7 Å². The molecule has 0 spiro atoms. The van der Waals surface area contributed by atoms with Crippen molar-refractivity contribution in [2.45, 2.75) is 58.0 Å². The third kappa shape index (κ3) is 4.70. The number of hydrogen-bond donors (Lipinski definition) is 2. The molecule has 1 aliphatic carbocycles. The molecule has 1 aliphatic rings. The summed E-state index contributed by atoms with van der Waals surface area (Å²) in [5.41, 5.74) is 11.9. The minimum absolute atomic E-state index is 0.0655. The number of aryl methyl sites for hydroxylation is 1. The van der Waals surface area contributed by atoms with Crippen molar-refractivity contribution in [1.82, 2.24) is 9.88 Å². The first kappa shape index (κ1) is 24.6. The van der Waals surface area contributed by atoms with Crippen LogP contribution in [-0.2, 0) is 0 Å². The van der Waals surface area contributed by atoms with Crippen molar-refractivity contribution in [1.29, 1.82) is 0 Å². The van der Waals surface area contributed by atoms with Gasteiger partial charge in [0.1, 0.15) is 5.75 Å². The van der Waals surface area contributed by atoms with E-state index in [4.69, 9.17) is 17.3 Å². The lowest BCUT2D eigenvalue weighted by atomic mass is 9.77. The van der Waals surface area contributed by atoms with E-state index < -0.39 is 0 Å². The van der Waals surface area contributed by atoms with Crippen LogP contribution >= 0.6 is 11.6 Å². The van der Waals surface area contributed by atoms with Crippen LogP contribution in [0.2, 0.25) is 5.02 Å². The third-order valence-corrected chi connectivity index (χ3v) is 7.72. The molecule has 0 radical (unpaired) electrons. The van der Waals surface area contributed by atoms with Crippen molar-refractivity contribution in [3.63, 3.8) is 0 Å². The van der Waals surface area contributed by atoms with Crippen LogP contribution in [0.5, 0.6) is 5.75 Å². The van der Waals surface area contributed by atoms with Crippen LogP contribution in [0.3, 0.4) is 0 Å². The molecule has 6 heteroatoms. The van der Waals surface area contributed by atoms with E-state index >= 15 is 0 Å². The number of nitrogens with two attached hydrogens (primary N) is 1. The quantitative estimate of drug-likeness (QED) is 0.406. The number of benzene rings is 2. The van der Waals surface area contributed by atoms with Gasteiger partial charge in [0, 0.05) is 35.7 Å². The molecule has 34 heavy (non-hydrogen) atoms. The molecule has 3 N–H and O–H groups in total. The number of fused-ring (bicyclic) bond motifs is 1. The molecule has 0 bridgehead atoms. The van der Waals surface area contributed by atoms with Crippen LogP contribution in [-0.4, -0.2) is 40.9 Å². The molecule has 1 saturated carbocycles. The number of carbonyl (C=O) groups excluding carboxylic acids is 1. The van der Waals surface area contributed by atoms with Crippen molar-refractivity contribution in [3.05, 3.63) is 58.2 Å². The molecule has 4 rings (SSSR count). The Labute approximate surface area is 206 Å². The van der Waals surface area contributed by atoms with Gasteiger partial charge < -0.3 is 15.7 Å². The standard InChI is InChI=1S/C28H34ClN3O2/c1-5-25(33)22-15-31-24-11-8-18(19-12-16(2)28(34)23(29)14-19)13-21(24)26(22)27(30)17-6-9-20(10-7-17)32(3)4/h8,11-15,17,20,27,34H,5-7,9-10,30H2,1-4H3/t17?,20?,27-/m0/s1. The number of nitrogens with zero attached hydrogens (tertiary/aromatic N) is 2. The van der Waals surface area contributed by atoms with E-state index in [-0.39, 0.29) is 17.6 Å². The largest absolute Gasteiger partial charge is 0.506 e. The molecule has 0 unspecified atom stereocenters. The van der Waals surface area contributed by atoms with Crippen molar-refractivity contribution in [2.75, 3.05) is 14.1 Å². The zero-order valence-electron chi connectivity index (χ0n) is 20.4. The van der Waals surface area contributed by atoms with Crippen LogP contribution < -0.4 is 5.73 Å². The highest BCUT2D eigenvalue weighted by Crippen LogP contribution is 2.40. The summed E-state index contributed by atoms with van der Waals surface area (Å²) in [6.07, 6.45) is 6.42. The lowest BCUT2D eigenvalue weighted by Gasteiger charge is -2.36. The van der Waals surface area contributed by atoms with E-state index in [2.05, 4.69) is 30.0 Å². The molecule has 1 heterocycles. The number of phenolic OH excluding ortho intramolecular Hbond substituents is 1. The van der Waals surface area contributed by atoms with Gasteiger partial charge in [0.15, 0.2) is 5.78 Å². The van der Waals surface area contributed by atoms with Crippen LogP contribution in [0, 0.1) is 12.8 Å². The number of aromatic nitrogens is 1. The van der Waals surface area contributed by atoms with E-state index in [1.54, 1.807) is 12.3 Å². The molecular weight excluding hydrogens is 446 g/mol. The van der Waals surface area contributed by atoms with Gasteiger partial charge >= 0.3 is 0 Å². The van der Waals surface area contributed by atoms with Gasteiger partial charge in [0.2, 0.25) is 0 Å². The summed E-state index contributed by atoms with van der Waals surface area (Å²) in [6.45, 7) is 3.71. The number of halogens is 1. The Kier molecular flexibility index (Phi) is 7.27. The number of aromatic hydroxyl groups is 1. The Morgan fingerprint density at radius 1 is 1.18 bits per heavy atom. The summed E-state index contributed by atoms with van der Waals surface area (Å²) >= 11 is 6.26. The van der Waals surface area contributed by atoms with Crippen molar-refractivity contribution in [3.8, 4) is 16.9 Å². The molecule has 0 saturated heterocycles. The van der Waals surface area contributed by atoms with Gasteiger partial charge in [-0.1, -0.05) is 24.6 Å². The number of ketones is 1. The maximum atomic E-state index is 12.9. The smallest absolute Gasteiger partial charge is 0.164 e. The second kappa shape index (κ2) is 10.0. The lowest BCUT2D eigenvalue weighted by Crippen LogP contribution is -2.35. The number of rotatable bonds is 6. The second-order valence-electron chi connectivity index (χ2n) is 9.78. The molecule has 3 aromatic rings. The SMILES string of the molecule is CCC(=O)c1cnc2ccc(-c3cc(C)c(O)c(Cl)c3)cc2c1[C@@H](N)C1CCC(N(C)C)CC1. The highest BCUT2D eigenvalue weighted by molar-refractivity contribution is 6.32. The summed E-state index contributed by atoms with van der Waals surface area (Å²) in [5.74, 6) is 0.481. The monoisotopic (exact) mass is 479 g/mol. The summed E-state index contributed by atoms with van der Waals surface area (Å²) < 4.78 is 0. The Bertz CT molecular complexity index is 1190. The number of Topliss-reactive ketones (excluding diaryl/α,β-unsaturated/α-hetero) is 1. The fourth-order valence-corrected chi connectivity index (χ4v) is 5.55. The minimum Gasteiger partial charge on any atom is -0.506 e. The zero-order chi connectivity index (χ0) is 24.6. The number of pyridine rings is 1. The van der Waals surface area contributed by atoms with Gasteiger partial charge in [-0.05, 0) is 99.1 Å². The minimum atomic E-state index is -0.237. The summed E-state index contributed by atoms with van der Waals surface area (Å²) in [4.78, 5) is 19.8. The Morgan fingerprint density at radius 3 is 2.50 bits per heavy atom. The van der Waals surface area contributed by atoms with E-state index in [9.17, 15) is 9.90 Å². The predicted molar refractivity (Wildman–Crippen MR) is 140 cm³/mol. The maximum absolute atomic E-state index is 12.9. The molecule has 2 aromatic carbocycles. The maximum Gasteiger partial charge on any atom is 0.164 e. The van der Waals surface area contributed by atoms with Crippen molar-refractivity contribution < 1.29 is 9.90 Å². The van der Waals surface area contributed by atoms with E-state index in [1.807, 2.05) is 32.0 Å². The van der Waals surface area contributed by atoms with Gasteiger partial charge in [0.25, 0.3) is 0 Å². The van der Waals surface area contributed by atoms with Crippen LogP contribution in [0.15, 0.2) is 36.5 Å². The molecular formula is C28H34ClN3O2. The summed E-state index contributed by atoms with van der Waals surface area (Å²) in [7, 11) is 4.27. The van der Waals surface area contributed by atoms with Crippen molar-refractivity contribution >= 4 is 28.3 Å². The summed E-state index contributed by atoms with van der Waals surface area (Å²) in [6, 6.07) is 10.1. The van der Waals surface area contributed by atoms with E-state index in [1.165, 1.54) is 0 Å². The van der Waals surface area contributed by atoms with Crippen LogP contribution in [0.25, 0.3) is 22.0 Å². The van der Waals surface area contributed by atoms with E-state index in [0.29, 0.717) is 34.5 Å². The van der Waals surface area contributed by atoms with Gasteiger partial charge in [-0.25, -0.2) is 0 Å². The van der Waals surface area contributed by atoms with Crippen LogP contribution in [0.4, 0.5) is 0 Å². The predicted octanol–water partition coefficient (Wildman–Crippen LogP) is 6.28. The molecule has 180 valence electrons. The highest BCUT2D eigenvalue weighted by Gasteiger charge is 2.30. The van der Waals surface area contributed by atoms with Gasteiger partial charge in [0.05, 0.1) is 10.5 Å². The number of hydrogen-bond acceptors (Lipinski definition) is 5. The van der Waals surface area contributed by atoms with Gasteiger partial charge in [-0.15, -0.1) is 0 Å². The fraction of sp³-hybridized carbons (Fsp3) is 0.429. The average molecular weight is 480 g/mol. The Hall–Kier alpha value is -2.47. The highest BCUT2D eigenvalue weighted by atomic mass is 35.5. The Morgan fingerprint density at radius 2 is 1.88 bits per heavy atom. The zero-order valence-corrected chi connectivity index (χ0v) is 21.2. The lowest BCUT2D eigenvalue weighted by molar-refractivity contribution is 0.0985. The summed E-state index contributed by atoms with van der Waals surface area (Å²) in [5, 5.41) is 11.3. The molecule has 1 fully saturated rings. The molecule has 0 aliphatic heterocycles. The molecule has 1 aromatic heterocycles. The fourth-order valence-electron chi connectivity index (χ4n) is 5.28. The van der Waals surface area contributed by atoms with Crippen LogP contribution in [0.1, 0.15) is 66.6 Å². The van der Waals surface area contributed by atoms with E-state index in [0.717, 1.165) is 53.3 Å². The third-order valence-electron chi connectivity index (χ3n) is 7.43. The molecule has 5 nitrogen and oxygen atoms in total. The van der Waals surface area contributed by atoms with Gasteiger partial charge in [-0.2, -0.15) is 0 Å². The molecule has 0 amide bonds. The first-order chi connectivity index (χ1) is 16.2. The first-order valence-electron chi connectivity index (χ1n) is 12.1. The average Bonchev–Trinajstić information content (AvgIpc) is 2.85. The topological polar surface area (TPSA) is 79.4 Å². The number of carbonyl (C=O) groups is 1. The second-order valence-corrected chi connectivity index (χ2v) is 10.2.